The standard InChI is InChI=1S/C28H38O5/c1-6-25(29)27(17-19(2)26(30)16-15-24-18-32-24)33-23-13-9-21(10-14-23)28(3,4)20-7-11-22(31-5)12-8-20/h7-14,19,24-25,27,29H,6,15-18H2,1-5H3. The van der Waals surface area contributed by atoms with Gasteiger partial charge in [0.1, 0.15) is 23.4 Å². The highest BCUT2D eigenvalue weighted by molar-refractivity contribution is 5.80. The molecule has 0 saturated carbocycles. The smallest absolute Gasteiger partial charge is 0.135 e. The van der Waals surface area contributed by atoms with Crippen LogP contribution in [0.15, 0.2) is 48.5 Å². The van der Waals surface area contributed by atoms with Gasteiger partial charge >= 0.3 is 0 Å². The number of epoxide rings is 1. The quantitative estimate of drug-likeness (QED) is 0.415. The summed E-state index contributed by atoms with van der Waals surface area (Å²) in [6, 6.07) is 16.2. The number of carbonyl (C=O) groups excluding carboxylic acids is 1. The Morgan fingerprint density at radius 2 is 1.64 bits per heavy atom. The van der Waals surface area contributed by atoms with E-state index in [4.69, 9.17) is 14.2 Å². The Balaban J connectivity index is 1.65. The number of benzene rings is 2. The lowest BCUT2D eigenvalue weighted by atomic mass is 9.78. The molecule has 0 radical (unpaired) electrons. The Hall–Kier alpha value is -2.37. The van der Waals surface area contributed by atoms with Crippen molar-refractivity contribution in [1.82, 2.24) is 0 Å². The second kappa shape index (κ2) is 11.2. The molecular formula is C28H38O5. The summed E-state index contributed by atoms with van der Waals surface area (Å²) in [4.78, 5) is 12.5. The van der Waals surface area contributed by atoms with Gasteiger partial charge in [-0.3, -0.25) is 4.79 Å². The first-order valence-electron chi connectivity index (χ1n) is 12.0. The maximum Gasteiger partial charge on any atom is 0.135 e. The summed E-state index contributed by atoms with van der Waals surface area (Å²) in [5, 5.41) is 10.5. The highest BCUT2D eigenvalue weighted by atomic mass is 16.6. The fourth-order valence-electron chi connectivity index (χ4n) is 4.11. The number of aliphatic hydroxyl groups excluding tert-OH is 1. The van der Waals surface area contributed by atoms with Crippen LogP contribution >= 0.6 is 0 Å². The zero-order chi connectivity index (χ0) is 24.0. The van der Waals surface area contributed by atoms with Crippen LogP contribution in [0, 0.1) is 5.92 Å². The fraction of sp³-hybridized carbons (Fsp3) is 0.536. The molecule has 180 valence electrons. The molecule has 4 unspecified atom stereocenters. The third kappa shape index (κ3) is 6.81. The van der Waals surface area contributed by atoms with E-state index < -0.39 is 12.2 Å². The summed E-state index contributed by atoms with van der Waals surface area (Å²) in [5.41, 5.74) is 2.18. The van der Waals surface area contributed by atoms with Crippen LogP contribution in [0.4, 0.5) is 0 Å². The van der Waals surface area contributed by atoms with Crippen molar-refractivity contribution in [2.24, 2.45) is 5.92 Å². The molecule has 5 nitrogen and oxygen atoms in total. The largest absolute Gasteiger partial charge is 0.497 e. The second-order valence-electron chi connectivity index (χ2n) is 9.61. The Morgan fingerprint density at radius 1 is 1.09 bits per heavy atom. The Labute approximate surface area is 198 Å². The van der Waals surface area contributed by atoms with Crippen molar-refractivity contribution in [3.8, 4) is 11.5 Å². The van der Waals surface area contributed by atoms with Gasteiger partial charge in [-0.05, 0) is 54.7 Å². The lowest BCUT2D eigenvalue weighted by Gasteiger charge is -2.28. The molecule has 33 heavy (non-hydrogen) atoms. The van der Waals surface area contributed by atoms with Crippen molar-refractivity contribution < 1.29 is 24.1 Å². The third-order valence-corrected chi connectivity index (χ3v) is 6.77. The summed E-state index contributed by atoms with van der Waals surface area (Å²) >= 11 is 0. The number of aliphatic hydroxyl groups is 1. The van der Waals surface area contributed by atoms with Gasteiger partial charge in [-0.1, -0.05) is 52.0 Å². The molecule has 0 spiro atoms. The first-order chi connectivity index (χ1) is 15.7. The molecule has 4 atom stereocenters. The van der Waals surface area contributed by atoms with Gasteiger partial charge in [-0.2, -0.15) is 0 Å². The Bertz CT molecular complexity index is 884. The fourth-order valence-corrected chi connectivity index (χ4v) is 4.11. The van der Waals surface area contributed by atoms with Crippen LogP contribution in [-0.2, 0) is 14.9 Å². The van der Waals surface area contributed by atoms with Crippen LogP contribution < -0.4 is 9.47 Å². The number of methoxy groups -OCH3 is 1. The molecule has 0 aliphatic carbocycles. The molecule has 2 aromatic rings. The third-order valence-electron chi connectivity index (χ3n) is 6.77. The number of Topliss-reactive ketones (excluding diaryl/α,β-unsaturated/α-hetero) is 1. The van der Waals surface area contributed by atoms with Gasteiger partial charge in [-0.25, -0.2) is 0 Å². The van der Waals surface area contributed by atoms with Gasteiger partial charge in [0.25, 0.3) is 0 Å². The lowest BCUT2D eigenvalue weighted by Crippen LogP contribution is -2.34. The molecule has 1 aliphatic heterocycles. The molecule has 1 N–H and O–H groups in total. The van der Waals surface area contributed by atoms with E-state index in [1.54, 1.807) is 7.11 Å². The predicted molar refractivity (Wildman–Crippen MR) is 130 cm³/mol. The molecule has 5 heteroatoms. The van der Waals surface area contributed by atoms with E-state index in [0.717, 1.165) is 18.8 Å². The van der Waals surface area contributed by atoms with E-state index in [9.17, 15) is 9.90 Å². The van der Waals surface area contributed by atoms with Crippen molar-refractivity contribution in [2.45, 2.75) is 77.1 Å². The first kappa shape index (κ1) is 25.3. The highest BCUT2D eigenvalue weighted by Gasteiger charge is 2.28. The SMILES string of the molecule is CCC(O)C(CC(C)C(=O)CCC1CO1)Oc1ccc(C(C)(C)c2ccc(OC)cc2)cc1. The number of rotatable bonds is 13. The number of carbonyl (C=O) groups is 1. The average Bonchev–Trinajstić information content (AvgIpc) is 3.66. The van der Waals surface area contributed by atoms with E-state index in [1.165, 1.54) is 11.1 Å². The minimum Gasteiger partial charge on any atom is -0.497 e. The van der Waals surface area contributed by atoms with Crippen LogP contribution in [0.25, 0.3) is 0 Å². The van der Waals surface area contributed by atoms with Gasteiger partial charge in [0.2, 0.25) is 0 Å². The molecule has 0 bridgehead atoms. The van der Waals surface area contributed by atoms with Crippen molar-refractivity contribution in [2.75, 3.05) is 13.7 Å². The van der Waals surface area contributed by atoms with E-state index in [-0.39, 0.29) is 23.2 Å². The van der Waals surface area contributed by atoms with Crippen molar-refractivity contribution in [3.63, 3.8) is 0 Å². The van der Waals surface area contributed by atoms with E-state index >= 15 is 0 Å². The van der Waals surface area contributed by atoms with E-state index in [2.05, 4.69) is 38.1 Å². The van der Waals surface area contributed by atoms with Crippen LogP contribution in [0.3, 0.4) is 0 Å². The maximum absolute atomic E-state index is 12.5. The number of hydrogen-bond acceptors (Lipinski definition) is 5. The summed E-state index contributed by atoms with van der Waals surface area (Å²) < 4.78 is 16.7. The van der Waals surface area contributed by atoms with E-state index in [1.807, 2.05) is 38.1 Å². The molecule has 1 heterocycles. The summed E-state index contributed by atoms with van der Waals surface area (Å²) in [6.45, 7) is 9.00. The van der Waals surface area contributed by atoms with Crippen molar-refractivity contribution in [1.29, 1.82) is 0 Å². The lowest BCUT2D eigenvalue weighted by molar-refractivity contribution is -0.123. The van der Waals surface area contributed by atoms with Crippen LogP contribution in [0.1, 0.15) is 64.5 Å². The monoisotopic (exact) mass is 454 g/mol. The molecule has 1 fully saturated rings. The number of ketones is 1. The van der Waals surface area contributed by atoms with Crippen LogP contribution in [0.2, 0.25) is 0 Å². The number of hydrogen-bond donors (Lipinski definition) is 1. The minimum atomic E-state index is -0.623. The van der Waals surface area contributed by atoms with E-state index in [0.29, 0.717) is 25.0 Å². The molecule has 0 aromatic heterocycles. The normalized spacial score (nSPS) is 18.3. The van der Waals surface area contributed by atoms with Gasteiger partial charge in [0, 0.05) is 17.8 Å². The van der Waals surface area contributed by atoms with Gasteiger partial charge in [-0.15, -0.1) is 0 Å². The van der Waals surface area contributed by atoms with Gasteiger partial charge in [0.05, 0.1) is 25.9 Å². The molecule has 1 aliphatic rings. The molecular weight excluding hydrogens is 416 g/mol. The zero-order valence-corrected chi connectivity index (χ0v) is 20.5. The molecule has 1 saturated heterocycles. The van der Waals surface area contributed by atoms with Crippen LogP contribution in [-0.4, -0.2) is 42.9 Å². The minimum absolute atomic E-state index is 0.164. The van der Waals surface area contributed by atoms with Crippen LogP contribution in [0.5, 0.6) is 11.5 Å². The van der Waals surface area contributed by atoms with Crippen molar-refractivity contribution in [3.05, 3.63) is 59.7 Å². The highest BCUT2D eigenvalue weighted by Crippen LogP contribution is 2.34. The topological polar surface area (TPSA) is 68.3 Å². The second-order valence-corrected chi connectivity index (χ2v) is 9.61. The molecule has 3 rings (SSSR count). The zero-order valence-electron chi connectivity index (χ0n) is 20.5. The maximum atomic E-state index is 12.5. The van der Waals surface area contributed by atoms with Crippen molar-refractivity contribution >= 4 is 5.78 Å². The first-order valence-corrected chi connectivity index (χ1v) is 12.0. The average molecular weight is 455 g/mol. The summed E-state index contributed by atoms with van der Waals surface area (Å²) in [5.74, 6) is 1.59. The summed E-state index contributed by atoms with van der Waals surface area (Å²) in [6.07, 6.45) is 1.60. The summed E-state index contributed by atoms with van der Waals surface area (Å²) in [7, 11) is 1.67. The van der Waals surface area contributed by atoms with Gasteiger partial charge in [0.15, 0.2) is 0 Å². The molecule has 0 amide bonds. The molecule has 2 aromatic carbocycles. The number of ether oxygens (including phenoxy) is 3. The Morgan fingerprint density at radius 3 is 2.12 bits per heavy atom. The van der Waals surface area contributed by atoms with Gasteiger partial charge < -0.3 is 19.3 Å². The Kier molecular flexibility index (Phi) is 8.55. The predicted octanol–water partition coefficient (Wildman–Crippen LogP) is 5.31.